The average molecular weight is 256 g/mol. The zero-order valence-electron chi connectivity index (χ0n) is 10.4. The van der Waals surface area contributed by atoms with E-state index in [1.165, 1.54) is 6.20 Å². The summed E-state index contributed by atoms with van der Waals surface area (Å²) in [5.74, 6) is -0.278. The van der Waals surface area contributed by atoms with Gasteiger partial charge < -0.3 is 9.84 Å². The lowest BCUT2D eigenvalue weighted by Crippen LogP contribution is -1.98. The number of aliphatic hydroxyl groups is 1. The zero-order chi connectivity index (χ0) is 13.4. The van der Waals surface area contributed by atoms with Crippen LogP contribution in [0.5, 0.6) is 0 Å². The molecule has 0 spiro atoms. The van der Waals surface area contributed by atoms with Crippen LogP contribution in [0, 0.1) is 6.92 Å². The Bertz CT molecular complexity index is 668. The second-order valence-corrected chi connectivity index (χ2v) is 4.39. The molecule has 0 unspecified atom stereocenters. The molecule has 0 bridgehead atoms. The van der Waals surface area contributed by atoms with Crippen molar-refractivity contribution in [3.63, 3.8) is 0 Å². The van der Waals surface area contributed by atoms with E-state index in [1.54, 1.807) is 12.3 Å². The minimum absolute atomic E-state index is 0.146. The SMILES string of the molecule is Cc1c(-c2cncc(CO)n2)ccc2c1COC2=O. The predicted molar refractivity (Wildman–Crippen MR) is 67.2 cm³/mol. The molecule has 0 radical (unpaired) electrons. The van der Waals surface area contributed by atoms with Gasteiger partial charge in [0.25, 0.3) is 0 Å². The Morgan fingerprint density at radius 1 is 1.32 bits per heavy atom. The van der Waals surface area contributed by atoms with Gasteiger partial charge in [0.1, 0.15) is 6.61 Å². The van der Waals surface area contributed by atoms with Crippen molar-refractivity contribution in [3.8, 4) is 11.3 Å². The summed E-state index contributed by atoms with van der Waals surface area (Å²) in [4.78, 5) is 19.9. The maximum absolute atomic E-state index is 11.5. The van der Waals surface area contributed by atoms with E-state index >= 15 is 0 Å². The number of rotatable bonds is 2. The maximum atomic E-state index is 11.5. The Morgan fingerprint density at radius 3 is 2.89 bits per heavy atom. The van der Waals surface area contributed by atoms with Gasteiger partial charge in [-0.3, -0.25) is 4.98 Å². The molecule has 1 aliphatic heterocycles. The highest BCUT2D eigenvalue weighted by atomic mass is 16.5. The van der Waals surface area contributed by atoms with Gasteiger partial charge in [-0.05, 0) is 18.6 Å². The van der Waals surface area contributed by atoms with Crippen molar-refractivity contribution >= 4 is 5.97 Å². The van der Waals surface area contributed by atoms with Crippen molar-refractivity contribution in [1.82, 2.24) is 9.97 Å². The van der Waals surface area contributed by atoms with Crippen LogP contribution in [0.25, 0.3) is 11.3 Å². The number of carbonyl (C=O) groups excluding carboxylic acids is 1. The Labute approximate surface area is 109 Å². The molecule has 19 heavy (non-hydrogen) atoms. The molecule has 96 valence electrons. The van der Waals surface area contributed by atoms with Crippen LogP contribution in [0.15, 0.2) is 24.5 Å². The Morgan fingerprint density at radius 2 is 2.11 bits per heavy atom. The molecule has 0 saturated carbocycles. The molecule has 1 aromatic carbocycles. The first-order valence-electron chi connectivity index (χ1n) is 5.92. The van der Waals surface area contributed by atoms with Crippen LogP contribution in [0.2, 0.25) is 0 Å². The Hall–Kier alpha value is -2.27. The first-order valence-corrected chi connectivity index (χ1v) is 5.92. The van der Waals surface area contributed by atoms with Gasteiger partial charge in [0, 0.05) is 11.1 Å². The molecule has 1 aromatic heterocycles. The fraction of sp³-hybridized carbons (Fsp3) is 0.214. The number of carbonyl (C=O) groups is 1. The van der Waals surface area contributed by atoms with E-state index in [0.29, 0.717) is 23.6 Å². The molecule has 2 aromatic rings. The summed E-state index contributed by atoms with van der Waals surface area (Å²) in [6.45, 7) is 2.09. The molecule has 0 saturated heterocycles. The van der Waals surface area contributed by atoms with Crippen molar-refractivity contribution in [2.45, 2.75) is 20.1 Å². The summed E-state index contributed by atoms with van der Waals surface area (Å²) in [7, 11) is 0. The third-order valence-electron chi connectivity index (χ3n) is 3.29. The summed E-state index contributed by atoms with van der Waals surface area (Å²) < 4.78 is 5.02. The van der Waals surface area contributed by atoms with Crippen LogP contribution in [0.3, 0.4) is 0 Å². The highest BCUT2D eigenvalue weighted by molar-refractivity contribution is 5.94. The molecule has 1 aliphatic rings. The lowest BCUT2D eigenvalue weighted by Gasteiger charge is -2.08. The first-order chi connectivity index (χ1) is 9.20. The third-order valence-corrected chi connectivity index (χ3v) is 3.29. The number of aromatic nitrogens is 2. The predicted octanol–water partition coefficient (Wildman–Crippen LogP) is 1.61. The standard InChI is InChI=1S/C14H12N2O3/c1-8-10(13-5-15-4-9(6-17)16-13)2-3-11-12(8)7-19-14(11)18/h2-5,17H,6-7H2,1H3. The zero-order valence-corrected chi connectivity index (χ0v) is 10.4. The normalized spacial score (nSPS) is 13.3. The molecular formula is C14H12N2O3. The third kappa shape index (κ3) is 1.88. The van der Waals surface area contributed by atoms with Gasteiger partial charge in [-0.25, -0.2) is 9.78 Å². The quantitative estimate of drug-likeness (QED) is 0.826. The Kier molecular flexibility index (Phi) is 2.76. The molecule has 1 N–H and O–H groups in total. The number of hydrogen-bond acceptors (Lipinski definition) is 5. The van der Waals surface area contributed by atoms with Gasteiger partial charge in [-0.2, -0.15) is 0 Å². The van der Waals surface area contributed by atoms with Crippen molar-refractivity contribution in [2.24, 2.45) is 0 Å². The highest BCUT2D eigenvalue weighted by Crippen LogP contribution is 2.30. The Balaban J connectivity index is 2.14. The molecule has 0 amide bonds. The molecule has 0 fully saturated rings. The van der Waals surface area contributed by atoms with E-state index in [4.69, 9.17) is 9.84 Å². The van der Waals surface area contributed by atoms with E-state index in [2.05, 4.69) is 9.97 Å². The van der Waals surface area contributed by atoms with E-state index in [9.17, 15) is 4.79 Å². The summed E-state index contributed by atoms with van der Waals surface area (Å²) in [5.41, 5.74) is 4.59. The van der Waals surface area contributed by atoms with Crippen LogP contribution in [-0.2, 0) is 18.0 Å². The monoisotopic (exact) mass is 256 g/mol. The fourth-order valence-corrected chi connectivity index (χ4v) is 2.24. The minimum atomic E-state index is -0.278. The fourth-order valence-electron chi connectivity index (χ4n) is 2.24. The molecule has 5 heteroatoms. The average Bonchev–Trinajstić information content (AvgIpc) is 2.82. The van der Waals surface area contributed by atoms with Crippen LogP contribution in [0.1, 0.15) is 27.2 Å². The number of fused-ring (bicyclic) bond motifs is 1. The van der Waals surface area contributed by atoms with Crippen molar-refractivity contribution in [1.29, 1.82) is 0 Å². The van der Waals surface area contributed by atoms with Crippen LogP contribution in [-0.4, -0.2) is 21.0 Å². The lowest BCUT2D eigenvalue weighted by atomic mass is 9.97. The van der Waals surface area contributed by atoms with Gasteiger partial charge in [-0.15, -0.1) is 0 Å². The van der Waals surface area contributed by atoms with Crippen LogP contribution in [0.4, 0.5) is 0 Å². The van der Waals surface area contributed by atoms with Gasteiger partial charge in [0.15, 0.2) is 0 Å². The number of hydrogen-bond donors (Lipinski definition) is 1. The second kappa shape index (κ2) is 4.44. The number of nitrogens with zero attached hydrogens (tertiary/aromatic N) is 2. The van der Waals surface area contributed by atoms with E-state index in [-0.39, 0.29) is 12.6 Å². The van der Waals surface area contributed by atoms with Gasteiger partial charge in [0.05, 0.1) is 36.0 Å². The van der Waals surface area contributed by atoms with Crippen LogP contribution < -0.4 is 0 Å². The summed E-state index contributed by atoms with van der Waals surface area (Å²) in [5, 5.41) is 9.10. The topological polar surface area (TPSA) is 72.3 Å². The molecule has 5 nitrogen and oxygen atoms in total. The van der Waals surface area contributed by atoms with Gasteiger partial charge in [0.2, 0.25) is 0 Å². The number of esters is 1. The summed E-state index contributed by atoms with van der Waals surface area (Å²) in [6, 6.07) is 3.59. The van der Waals surface area contributed by atoms with Crippen molar-refractivity contribution in [2.75, 3.05) is 0 Å². The molecule has 2 heterocycles. The number of aliphatic hydroxyl groups excluding tert-OH is 1. The molecule has 0 atom stereocenters. The van der Waals surface area contributed by atoms with Crippen molar-refractivity contribution < 1.29 is 14.6 Å². The molecular weight excluding hydrogens is 244 g/mol. The van der Waals surface area contributed by atoms with E-state index < -0.39 is 0 Å². The van der Waals surface area contributed by atoms with Crippen molar-refractivity contribution in [3.05, 3.63) is 46.9 Å². The van der Waals surface area contributed by atoms with E-state index in [1.807, 2.05) is 13.0 Å². The molecule has 0 aliphatic carbocycles. The number of cyclic esters (lactones) is 1. The highest BCUT2D eigenvalue weighted by Gasteiger charge is 2.24. The summed E-state index contributed by atoms with van der Waals surface area (Å²) >= 11 is 0. The second-order valence-electron chi connectivity index (χ2n) is 4.39. The summed E-state index contributed by atoms with van der Waals surface area (Å²) in [6.07, 6.45) is 3.17. The van der Waals surface area contributed by atoms with Gasteiger partial charge >= 0.3 is 5.97 Å². The number of benzene rings is 1. The minimum Gasteiger partial charge on any atom is -0.457 e. The maximum Gasteiger partial charge on any atom is 0.338 e. The van der Waals surface area contributed by atoms with E-state index in [0.717, 1.165) is 16.7 Å². The molecule has 3 rings (SSSR count). The first kappa shape index (κ1) is 11.8. The number of ether oxygens (including phenoxy) is 1. The largest absolute Gasteiger partial charge is 0.457 e. The smallest absolute Gasteiger partial charge is 0.338 e. The lowest BCUT2D eigenvalue weighted by molar-refractivity contribution is 0.0535. The van der Waals surface area contributed by atoms with Gasteiger partial charge in [-0.1, -0.05) is 6.07 Å². The van der Waals surface area contributed by atoms with Crippen LogP contribution >= 0.6 is 0 Å².